The van der Waals surface area contributed by atoms with Gasteiger partial charge in [-0.15, -0.1) is 0 Å². The molecule has 0 aliphatic heterocycles. The van der Waals surface area contributed by atoms with E-state index in [1.165, 1.54) is 0 Å². The zero-order valence-corrected chi connectivity index (χ0v) is 32.3. The van der Waals surface area contributed by atoms with E-state index in [0.717, 1.165) is 42.2 Å². The number of rotatable bonds is 6. The van der Waals surface area contributed by atoms with Crippen molar-refractivity contribution in [3.63, 3.8) is 0 Å². The van der Waals surface area contributed by atoms with Gasteiger partial charge in [-0.3, -0.25) is 9.13 Å². The van der Waals surface area contributed by atoms with E-state index in [0.29, 0.717) is 11.1 Å². The molecular formula is C57H35N5O. The Morgan fingerprint density at radius 3 is 1.54 bits per heavy atom. The topological polar surface area (TPSA) is 61.7 Å². The van der Waals surface area contributed by atoms with E-state index in [4.69, 9.17) is 37.2 Å². The van der Waals surface area contributed by atoms with Crippen molar-refractivity contribution in [3.8, 4) is 56.7 Å². The van der Waals surface area contributed by atoms with Crippen LogP contribution in [0.15, 0.2) is 216 Å². The molecule has 0 radical (unpaired) electrons. The molecule has 0 N–H and O–H groups in total. The van der Waals surface area contributed by atoms with Crippen LogP contribution < -0.4 is 0 Å². The molecule has 4 aromatic heterocycles. The lowest BCUT2D eigenvalue weighted by molar-refractivity contribution is 0.669. The molecule has 13 aromatic rings. The summed E-state index contributed by atoms with van der Waals surface area (Å²) in [7, 11) is 0. The molecule has 0 spiro atoms. The van der Waals surface area contributed by atoms with Gasteiger partial charge in [0.25, 0.3) is 0 Å². The Labute approximate surface area is 389 Å². The van der Waals surface area contributed by atoms with Gasteiger partial charge >= 0.3 is 0 Å². The third-order valence-corrected chi connectivity index (χ3v) is 11.0. The molecule has 0 saturated heterocycles. The van der Waals surface area contributed by atoms with Gasteiger partial charge in [-0.25, -0.2) is 0 Å². The van der Waals surface area contributed by atoms with Crippen LogP contribution in [0.25, 0.3) is 122 Å². The molecule has 0 atom stereocenters. The van der Waals surface area contributed by atoms with E-state index in [-0.39, 0.29) is 22.2 Å². The van der Waals surface area contributed by atoms with Crippen LogP contribution in [0.4, 0.5) is 0 Å². The van der Waals surface area contributed by atoms with Crippen LogP contribution in [-0.4, -0.2) is 24.1 Å². The van der Waals surface area contributed by atoms with E-state index < -0.39 is 177 Å². The Bertz CT molecular complexity index is 5020. The number of hydrogen-bond donors (Lipinski definition) is 0. The molecule has 0 amide bonds. The van der Waals surface area contributed by atoms with Crippen molar-refractivity contribution in [2.24, 2.45) is 0 Å². The lowest BCUT2D eigenvalue weighted by Gasteiger charge is -2.13. The first-order valence-electron chi connectivity index (χ1n) is 29.5. The normalized spacial score (nSPS) is 16.3. The van der Waals surface area contributed by atoms with E-state index in [2.05, 4.69) is 0 Å². The molecule has 0 unspecified atom stereocenters. The second-order valence-electron chi connectivity index (χ2n) is 14.5. The van der Waals surface area contributed by atoms with Crippen molar-refractivity contribution >= 4 is 65.6 Å². The van der Waals surface area contributed by atoms with Crippen LogP contribution >= 0.6 is 0 Å². The summed E-state index contributed by atoms with van der Waals surface area (Å²) in [5.74, 6) is -1.40. The Balaban J connectivity index is 1.15. The lowest BCUT2D eigenvalue weighted by atomic mass is 9.97. The van der Waals surface area contributed by atoms with E-state index in [1.54, 1.807) is 18.2 Å². The summed E-state index contributed by atoms with van der Waals surface area (Å²) in [5.41, 5.74) is 1.75. The smallest absolute Gasteiger partial charge is 0.240 e. The van der Waals surface area contributed by atoms with E-state index >= 15 is 0 Å². The maximum absolute atomic E-state index is 9.93. The largest absolute Gasteiger partial charge is 0.456 e. The highest BCUT2D eigenvalue weighted by atomic mass is 16.3. The van der Waals surface area contributed by atoms with Crippen LogP contribution in [0.3, 0.4) is 0 Å². The number of furan rings is 1. The summed E-state index contributed by atoms with van der Waals surface area (Å²) in [6.07, 6.45) is 0. The van der Waals surface area contributed by atoms with Crippen molar-refractivity contribution in [2.45, 2.75) is 0 Å². The van der Waals surface area contributed by atoms with Gasteiger partial charge in [0, 0.05) is 37.9 Å². The minimum Gasteiger partial charge on any atom is -0.456 e. The van der Waals surface area contributed by atoms with Gasteiger partial charge in [0.15, 0.2) is 5.82 Å². The van der Waals surface area contributed by atoms with Crippen molar-refractivity contribution in [1.29, 1.82) is 0 Å². The second kappa shape index (κ2) is 14.0. The fourth-order valence-corrected chi connectivity index (χ4v) is 8.14. The van der Waals surface area contributed by atoms with Crippen LogP contribution in [0, 0.1) is 0 Å². The standard InChI is InChI=1S/C57H35N5O/c1-2-14-36(15-3-1)41-28-30-46-45-22-6-10-26-51(45)62(52(46)35-41)57-59-55(58-56(60-57)61-49-24-8-4-20-43(49)44-21-5-9-25-50(44)61)42-19-13-18-39(33-42)37-16-12-17-38(32-37)40-29-31-54-48(34-40)47-23-7-11-27-53(47)63-54/h1-35H/i1D,2D,3D,4D,5D,6D,8D,9D,10D,14D,15D,20D,21D,22D,24D,25D,26D,28D,30D,35D. The van der Waals surface area contributed by atoms with Crippen LogP contribution in [0.2, 0.25) is 0 Å². The quantitative estimate of drug-likeness (QED) is 0.168. The SMILES string of the molecule is [2H]c1c([2H])c([2H])c(-c2c([2H])c([2H])c3c4c([2H])c([2H])c([2H])c([2H])c4n(-c4nc(-c5cccc(-c6cccc(-c7ccc8oc9ccccc9c8c7)c6)c5)nc(-n5c6c([2H])c([2H])c([2H])c([2H])c6c6c([2H])c([2H])c([2H])c([2H])c65)n4)c3c2[2H])c([2H])c1[2H]. The molecular weight excluding hydrogens is 771 g/mol. The van der Waals surface area contributed by atoms with Gasteiger partial charge in [0.05, 0.1) is 49.5 Å². The van der Waals surface area contributed by atoms with Crippen molar-refractivity contribution in [1.82, 2.24) is 24.1 Å². The van der Waals surface area contributed by atoms with Crippen LogP contribution in [0.5, 0.6) is 0 Å². The molecule has 4 heterocycles. The molecule has 0 fully saturated rings. The highest BCUT2D eigenvalue weighted by molar-refractivity contribution is 6.11. The Kier molecular flexibility index (Phi) is 4.61. The number of nitrogens with zero attached hydrogens (tertiary/aromatic N) is 5. The van der Waals surface area contributed by atoms with Gasteiger partial charge in [-0.1, -0.05) is 157 Å². The van der Waals surface area contributed by atoms with Crippen molar-refractivity contribution < 1.29 is 31.8 Å². The number of hydrogen-bond acceptors (Lipinski definition) is 4. The first kappa shape index (κ1) is 20.8. The summed E-state index contributed by atoms with van der Waals surface area (Å²) < 4.78 is 188. The van der Waals surface area contributed by atoms with E-state index in [1.807, 2.05) is 72.8 Å². The molecule has 0 bridgehead atoms. The van der Waals surface area contributed by atoms with Gasteiger partial charge in [0.1, 0.15) is 11.2 Å². The number of aromatic nitrogens is 5. The fourth-order valence-electron chi connectivity index (χ4n) is 8.14. The number of benzene rings is 9. The zero-order valence-electron chi connectivity index (χ0n) is 52.3. The highest BCUT2D eigenvalue weighted by Gasteiger charge is 2.21. The molecule has 0 aliphatic rings. The Hall–Kier alpha value is -8.61. The second-order valence-corrected chi connectivity index (χ2v) is 14.5. The molecule has 63 heavy (non-hydrogen) atoms. The monoisotopic (exact) mass is 825 g/mol. The third-order valence-electron chi connectivity index (χ3n) is 11.0. The maximum Gasteiger partial charge on any atom is 0.240 e. The molecule has 6 nitrogen and oxygen atoms in total. The third kappa shape index (κ3) is 5.69. The summed E-state index contributed by atoms with van der Waals surface area (Å²) in [5, 5.41) is 0.407. The molecule has 0 aliphatic carbocycles. The minimum absolute atomic E-state index is 0.233. The zero-order chi connectivity index (χ0) is 58.8. The molecule has 0 saturated carbocycles. The Morgan fingerprint density at radius 2 is 0.873 bits per heavy atom. The average Bonchev–Trinajstić information content (AvgIpc) is 1.78. The first-order chi connectivity index (χ1) is 39.5. The highest BCUT2D eigenvalue weighted by Crippen LogP contribution is 2.38. The molecule has 9 aromatic carbocycles. The predicted octanol–water partition coefficient (Wildman–Crippen LogP) is 14.6. The predicted molar refractivity (Wildman–Crippen MR) is 258 cm³/mol. The van der Waals surface area contributed by atoms with Gasteiger partial charge in [0.2, 0.25) is 11.9 Å². The fraction of sp³-hybridized carbons (Fsp3) is 0. The Morgan fingerprint density at radius 1 is 0.349 bits per heavy atom. The van der Waals surface area contributed by atoms with Crippen molar-refractivity contribution in [2.75, 3.05) is 0 Å². The summed E-state index contributed by atoms with van der Waals surface area (Å²) in [6.45, 7) is 0. The van der Waals surface area contributed by atoms with Gasteiger partial charge < -0.3 is 4.42 Å². The summed E-state index contributed by atoms with van der Waals surface area (Å²) in [4.78, 5) is 14.6. The maximum atomic E-state index is 9.93. The lowest BCUT2D eigenvalue weighted by Crippen LogP contribution is -2.10. The average molecular weight is 826 g/mol. The van der Waals surface area contributed by atoms with Crippen LogP contribution in [-0.2, 0) is 0 Å². The van der Waals surface area contributed by atoms with Crippen LogP contribution in [0.1, 0.15) is 27.4 Å². The van der Waals surface area contributed by atoms with Gasteiger partial charge in [-0.05, 0) is 87.9 Å². The molecule has 13 rings (SSSR count). The summed E-state index contributed by atoms with van der Waals surface area (Å²) in [6, 6.07) is 13.0. The summed E-state index contributed by atoms with van der Waals surface area (Å²) >= 11 is 0. The minimum atomic E-state index is -0.827. The number of fused-ring (bicyclic) bond motifs is 9. The van der Waals surface area contributed by atoms with Crippen molar-refractivity contribution in [3.05, 3.63) is 212 Å². The molecule has 294 valence electrons. The van der Waals surface area contributed by atoms with Gasteiger partial charge in [-0.2, -0.15) is 15.0 Å². The molecule has 6 heteroatoms. The first-order valence-corrected chi connectivity index (χ1v) is 19.5. The van der Waals surface area contributed by atoms with E-state index in [9.17, 15) is 9.60 Å². The number of para-hydroxylation sites is 4.